The van der Waals surface area contributed by atoms with Crippen molar-refractivity contribution in [1.29, 1.82) is 0 Å². The summed E-state index contributed by atoms with van der Waals surface area (Å²) in [6, 6.07) is 0. The van der Waals surface area contributed by atoms with Crippen molar-refractivity contribution in [1.82, 2.24) is 19.7 Å². The van der Waals surface area contributed by atoms with Crippen molar-refractivity contribution in [3.63, 3.8) is 0 Å². The second kappa shape index (κ2) is 8.64. The molecule has 1 fully saturated rings. The molecule has 2 rings (SSSR count). The zero-order valence-electron chi connectivity index (χ0n) is 15.2. The van der Waals surface area contributed by atoms with Gasteiger partial charge in [-0.3, -0.25) is 9.89 Å². The predicted molar refractivity (Wildman–Crippen MR) is 99.2 cm³/mol. The summed E-state index contributed by atoms with van der Waals surface area (Å²) < 4.78 is 0. The molecule has 23 heavy (non-hydrogen) atoms. The van der Waals surface area contributed by atoms with E-state index < -0.39 is 0 Å². The summed E-state index contributed by atoms with van der Waals surface area (Å²) >= 11 is 1.79. The monoisotopic (exact) mass is 337 g/mol. The average Bonchev–Trinajstić information content (AvgIpc) is 2.96. The molecule has 2 heterocycles. The number of hydrogen-bond donors (Lipinski definition) is 0. The van der Waals surface area contributed by atoms with E-state index in [0.29, 0.717) is 5.92 Å². The molecule has 0 spiro atoms. The lowest BCUT2D eigenvalue weighted by atomic mass is 9.97. The van der Waals surface area contributed by atoms with Gasteiger partial charge in [0.2, 0.25) is 0 Å². The Kier molecular flexibility index (Phi) is 6.84. The minimum absolute atomic E-state index is 0.711. The Labute approximate surface area is 145 Å². The van der Waals surface area contributed by atoms with E-state index in [-0.39, 0.29) is 0 Å². The molecule has 1 aliphatic rings. The van der Waals surface area contributed by atoms with Gasteiger partial charge in [0.15, 0.2) is 5.96 Å². The van der Waals surface area contributed by atoms with E-state index in [0.717, 1.165) is 25.5 Å². The number of nitrogens with zero attached hydrogens (tertiary/aromatic N) is 5. The third-order valence-corrected chi connectivity index (χ3v) is 5.33. The molecule has 1 saturated heterocycles. The molecule has 0 aromatic carbocycles. The summed E-state index contributed by atoms with van der Waals surface area (Å²) in [6.07, 6.45) is 3.52. The Morgan fingerprint density at radius 2 is 1.91 bits per heavy atom. The van der Waals surface area contributed by atoms with Crippen LogP contribution in [0.4, 0.5) is 0 Å². The SMILES string of the molecule is CCc1nc(CN2CCC(CN=C(N(C)C)N(C)C)CC2)cs1. The summed E-state index contributed by atoms with van der Waals surface area (Å²) in [5.74, 6) is 1.77. The average molecular weight is 338 g/mol. The van der Waals surface area contributed by atoms with Crippen LogP contribution in [0.5, 0.6) is 0 Å². The first-order valence-electron chi connectivity index (χ1n) is 8.54. The Morgan fingerprint density at radius 1 is 1.26 bits per heavy atom. The number of aryl methyl sites for hydroxylation is 1. The van der Waals surface area contributed by atoms with Crippen LogP contribution in [0.25, 0.3) is 0 Å². The van der Waals surface area contributed by atoms with Gasteiger partial charge < -0.3 is 9.80 Å². The molecule has 0 atom stereocenters. The lowest BCUT2D eigenvalue weighted by molar-refractivity contribution is 0.179. The summed E-state index contributed by atoms with van der Waals surface area (Å²) in [7, 11) is 8.22. The summed E-state index contributed by atoms with van der Waals surface area (Å²) in [4.78, 5) is 16.2. The van der Waals surface area contributed by atoms with Crippen molar-refractivity contribution in [3.05, 3.63) is 16.1 Å². The van der Waals surface area contributed by atoms with E-state index in [9.17, 15) is 0 Å². The smallest absolute Gasteiger partial charge is 0.195 e. The number of likely N-dealkylation sites (tertiary alicyclic amines) is 1. The van der Waals surface area contributed by atoms with Gasteiger partial charge in [-0.2, -0.15) is 0 Å². The fraction of sp³-hybridized carbons (Fsp3) is 0.765. The summed E-state index contributed by atoms with van der Waals surface area (Å²) in [5, 5.41) is 3.47. The predicted octanol–water partition coefficient (Wildman–Crippen LogP) is 2.40. The van der Waals surface area contributed by atoms with Crippen LogP contribution in [0.15, 0.2) is 10.4 Å². The van der Waals surface area contributed by atoms with E-state index in [1.165, 1.54) is 36.6 Å². The van der Waals surface area contributed by atoms with E-state index in [4.69, 9.17) is 4.99 Å². The van der Waals surface area contributed by atoms with Crippen molar-refractivity contribution < 1.29 is 0 Å². The van der Waals surface area contributed by atoms with Crippen LogP contribution < -0.4 is 0 Å². The largest absolute Gasteiger partial charge is 0.349 e. The Hall–Kier alpha value is -1.14. The van der Waals surface area contributed by atoms with Gasteiger partial charge in [-0.1, -0.05) is 6.92 Å². The molecular formula is C17H31N5S. The van der Waals surface area contributed by atoms with Crippen molar-refractivity contribution in [2.75, 3.05) is 47.8 Å². The molecule has 5 nitrogen and oxygen atoms in total. The number of piperidine rings is 1. The second-order valence-corrected chi connectivity index (χ2v) is 7.68. The standard InChI is InChI=1S/C17H31N5S/c1-6-16-19-15(13-23-16)12-22-9-7-14(8-10-22)11-18-17(20(2)3)21(4)5/h13-14H,6-12H2,1-5H3. The topological polar surface area (TPSA) is 35.0 Å². The van der Waals surface area contributed by atoms with Crippen LogP contribution in [0.1, 0.15) is 30.5 Å². The summed E-state index contributed by atoms with van der Waals surface area (Å²) in [5.41, 5.74) is 1.24. The van der Waals surface area contributed by atoms with E-state index >= 15 is 0 Å². The van der Waals surface area contributed by atoms with Crippen molar-refractivity contribution in [2.24, 2.45) is 10.9 Å². The minimum atomic E-state index is 0.711. The lowest BCUT2D eigenvalue weighted by Crippen LogP contribution is -2.37. The second-order valence-electron chi connectivity index (χ2n) is 6.74. The third kappa shape index (κ3) is 5.46. The van der Waals surface area contributed by atoms with Crippen molar-refractivity contribution in [3.8, 4) is 0 Å². The van der Waals surface area contributed by atoms with Crippen LogP contribution in [0, 0.1) is 5.92 Å². The molecule has 0 N–H and O–H groups in total. The molecule has 0 amide bonds. The lowest BCUT2D eigenvalue weighted by Gasteiger charge is -2.31. The molecule has 1 aliphatic heterocycles. The van der Waals surface area contributed by atoms with Gasteiger partial charge in [-0.05, 0) is 38.3 Å². The molecule has 0 aliphatic carbocycles. The number of hydrogen-bond acceptors (Lipinski definition) is 4. The van der Waals surface area contributed by atoms with Crippen LogP contribution in [-0.4, -0.2) is 73.5 Å². The molecule has 130 valence electrons. The Balaban J connectivity index is 1.78. The Morgan fingerprint density at radius 3 is 2.43 bits per heavy atom. The molecule has 0 unspecified atom stereocenters. The van der Waals surface area contributed by atoms with Crippen molar-refractivity contribution >= 4 is 17.3 Å². The highest BCUT2D eigenvalue weighted by molar-refractivity contribution is 7.09. The maximum absolute atomic E-state index is 4.81. The maximum atomic E-state index is 4.81. The van der Waals surface area contributed by atoms with Gasteiger partial charge in [0.25, 0.3) is 0 Å². The quantitative estimate of drug-likeness (QED) is 0.610. The zero-order valence-corrected chi connectivity index (χ0v) is 16.1. The Bertz CT molecular complexity index is 491. The first-order chi connectivity index (χ1) is 11.0. The first kappa shape index (κ1) is 18.2. The van der Waals surface area contributed by atoms with E-state index in [1.807, 2.05) is 0 Å². The molecule has 6 heteroatoms. The highest BCUT2D eigenvalue weighted by Gasteiger charge is 2.20. The third-order valence-electron chi connectivity index (χ3n) is 4.29. The number of thiazole rings is 1. The summed E-state index contributed by atoms with van der Waals surface area (Å²) in [6.45, 7) is 6.45. The van der Waals surface area contributed by atoms with E-state index in [2.05, 4.69) is 60.2 Å². The normalized spacial score (nSPS) is 16.4. The molecule has 1 aromatic heterocycles. The number of guanidine groups is 1. The fourth-order valence-electron chi connectivity index (χ4n) is 3.03. The molecule has 0 saturated carbocycles. The molecular weight excluding hydrogens is 306 g/mol. The number of rotatable bonds is 5. The van der Waals surface area contributed by atoms with Gasteiger partial charge in [0.1, 0.15) is 0 Å². The van der Waals surface area contributed by atoms with Crippen molar-refractivity contribution in [2.45, 2.75) is 32.7 Å². The van der Waals surface area contributed by atoms with Crippen LogP contribution in [0.3, 0.4) is 0 Å². The van der Waals surface area contributed by atoms with E-state index in [1.54, 1.807) is 11.3 Å². The number of aliphatic imine (C=N–C) groups is 1. The molecule has 0 radical (unpaired) electrons. The number of aromatic nitrogens is 1. The molecule has 1 aromatic rings. The van der Waals surface area contributed by atoms with Gasteiger partial charge in [0.05, 0.1) is 10.7 Å². The van der Waals surface area contributed by atoms with Crippen LogP contribution in [-0.2, 0) is 13.0 Å². The highest BCUT2D eigenvalue weighted by atomic mass is 32.1. The van der Waals surface area contributed by atoms with Gasteiger partial charge in [-0.25, -0.2) is 4.98 Å². The first-order valence-corrected chi connectivity index (χ1v) is 9.42. The maximum Gasteiger partial charge on any atom is 0.195 e. The fourth-order valence-corrected chi connectivity index (χ4v) is 3.77. The van der Waals surface area contributed by atoms with Gasteiger partial charge >= 0.3 is 0 Å². The molecule has 0 bridgehead atoms. The van der Waals surface area contributed by atoms with Gasteiger partial charge in [0, 0.05) is 46.7 Å². The minimum Gasteiger partial charge on any atom is -0.349 e. The van der Waals surface area contributed by atoms with Gasteiger partial charge in [-0.15, -0.1) is 11.3 Å². The van der Waals surface area contributed by atoms with Crippen LogP contribution >= 0.6 is 11.3 Å². The van der Waals surface area contributed by atoms with Crippen LogP contribution in [0.2, 0.25) is 0 Å². The highest BCUT2D eigenvalue weighted by Crippen LogP contribution is 2.20. The zero-order chi connectivity index (χ0) is 16.8.